The van der Waals surface area contributed by atoms with Gasteiger partial charge in [-0.3, -0.25) is 9.48 Å². The first-order valence-electron chi connectivity index (χ1n) is 5.97. The van der Waals surface area contributed by atoms with Crippen LogP contribution in [0.1, 0.15) is 16.8 Å². The zero-order chi connectivity index (χ0) is 13.7. The van der Waals surface area contributed by atoms with Crippen molar-refractivity contribution in [3.8, 4) is 0 Å². The van der Waals surface area contributed by atoms with E-state index in [2.05, 4.69) is 10.4 Å². The minimum Gasteiger partial charge on any atom is -0.398 e. The molecule has 100 valence electrons. The van der Waals surface area contributed by atoms with Gasteiger partial charge in [0.25, 0.3) is 5.91 Å². The van der Waals surface area contributed by atoms with E-state index in [1.807, 2.05) is 12.3 Å². The summed E-state index contributed by atoms with van der Waals surface area (Å²) in [6.07, 6.45) is 4.29. The maximum absolute atomic E-state index is 13.0. The molecule has 5 nitrogen and oxygen atoms in total. The van der Waals surface area contributed by atoms with Crippen LogP contribution in [0.25, 0.3) is 0 Å². The van der Waals surface area contributed by atoms with Crippen LogP contribution in [0.4, 0.5) is 10.1 Å². The Hall–Kier alpha value is -2.37. The second kappa shape index (κ2) is 5.99. The van der Waals surface area contributed by atoms with Crippen molar-refractivity contribution in [3.05, 3.63) is 48.0 Å². The maximum Gasteiger partial charge on any atom is 0.253 e. The number of carbonyl (C=O) groups is 1. The number of rotatable bonds is 5. The lowest BCUT2D eigenvalue weighted by molar-refractivity contribution is 0.0953. The lowest BCUT2D eigenvalue weighted by atomic mass is 10.1. The standard InChI is InChI=1S/C13H15FN4O/c14-10-3-4-12(15)11(9-10)13(19)16-5-1-7-18-8-2-6-17-18/h2-4,6,8-9H,1,5,7,15H2,(H,16,19). The van der Waals surface area contributed by atoms with Gasteiger partial charge in [-0.2, -0.15) is 5.10 Å². The molecule has 2 rings (SSSR count). The van der Waals surface area contributed by atoms with Crippen molar-refractivity contribution in [2.45, 2.75) is 13.0 Å². The van der Waals surface area contributed by atoms with Crippen LogP contribution in [-0.4, -0.2) is 22.2 Å². The molecule has 0 fully saturated rings. The number of nitrogen functional groups attached to an aromatic ring is 1. The van der Waals surface area contributed by atoms with Gasteiger partial charge in [0, 0.05) is 31.2 Å². The summed E-state index contributed by atoms with van der Waals surface area (Å²) in [6.45, 7) is 1.19. The number of anilines is 1. The normalized spacial score (nSPS) is 10.4. The van der Waals surface area contributed by atoms with Crippen molar-refractivity contribution in [2.24, 2.45) is 0 Å². The minimum atomic E-state index is -0.476. The van der Waals surface area contributed by atoms with Gasteiger partial charge in [0.05, 0.1) is 5.56 Å². The molecule has 0 radical (unpaired) electrons. The lowest BCUT2D eigenvalue weighted by Crippen LogP contribution is -2.26. The minimum absolute atomic E-state index is 0.166. The molecule has 0 aliphatic rings. The highest BCUT2D eigenvalue weighted by molar-refractivity contribution is 5.99. The molecule has 1 amide bonds. The summed E-state index contributed by atoms with van der Waals surface area (Å²) in [5.41, 5.74) is 6.07. The number of hydrogen-bond acceptors (Lipinski definition) is 3. The summed E-state index contributed by atoms with van der Waals surface area (Å²) in [7, 11) is 0. The Morgan fingerprint density at radius 1 is 1.47 bits per heavy atom. The summed E-state index contributed by atoms with van der Waals surface area (Å²) in [5.74, 6) is -0.839. The molecule has 0 aliphatic heterocycles. The molecule has 0 unspecified atom stereocenters. The Morgan fingerprint density at radius 2 is 2.32 bits per heavy atom. The largest absolute Gasteiger partial charge is 0.398 e. The number of halogens is 1. The molecule has 0 atom stereocenters. The number of aromatic nitrogens is 2. The van der Waals surface area contributed by atoms with Crippen LogP contribution in [-0.2, 0) is 6.54 Å². The second-order valence-corrected chi connectivity index (χ2v) is 4.11. The molecule has 0 saturated carbocycles. The summed E-state index contributed by atoms with van der Waals surface area (Å²) >= 11 is 0. The molecule has 0 spiro atoms. The molecule has 3 N–H and O–H groups in total. The van der Waals surface area contributed by atoms with E-state index in [9.17, 15) is 9.18 Å². The molecular formula is C13H15FN4O. The van der Waals surface area contributed by atoms with Crippen LogP contribution in [0, 0.1) is 5.82 Å². The Bertz CT molecular complexity index is 554. The lowest BCUT2D eigenvalue weighted by Gasteiger charge is -2.07. The van der Waals surface area contributed by atoms with Crippen molar-refractivity contribution in [1.29, 1.82) is 0 Å². The highest BCUT2D eigenvalue weighted by Crippen LogP contribution is 2.12. The van der Waals surface area contributed by atoms with Crippen LogP contribution >= 0.6 is 0 Å². The van der Waals surface area contributed by atoms with Crippen LogP contribution in [0.3, 0.4) is 0 Å². The number of aryl methyl sites for hydroxylation is 1. The monoisotopic (exact) mass is 262 g/mol. The number of carbonyl (C=O) groups excluding carboxylic acids is 1. The van der Waals surface area contributed by atoms with Crippen molar-refractivity contribution >= 4 is 11.6 Å². The zero-order valence-electron chi connectivity index (χ0n) is 10.3. The fraction of sp³-hybridized carbons (Fsp3) is 0.231. The number of hydrogen-bond donors (Lipinski definition) is 2. The quantitative estimate of drug-likeness (QED) is 0.632. The first-order valence-corrected chi connectivity index (χ1v) is 5.97. The number of nitrogens with zero attached hydrogens (tertiary/aromatic N) is 2. The Morgan fingerprint density at radius 3 is 3.05 bits per heavy atom. The van der Waals surface area contributed by atoms with Crippen LogP contribution in [0.5, 0.6) is 0 Å². The Kier molecular flexibility index (Phi) is 4.12. The third-order valence-corrected chi connectivity index (χ3v) is 2.67. The van der Waals surface area contributed by atoms with E-state index in [4.69, 9.17) is 5.73 Å². The maximum atomic E-state index is 13.0. The zero-order valence-corrected chi connectivity index (χ0v) is 10.3. The number of nitrogens with one attached hydrogen (secondary N) is 1. The van der Waals surface area contributed by atoms with Gasteiger partial charge in [-0.25, -0.2) is 4.39 Å². The second-order valence-electron chi connectivity index (χ2n) is 4.11. The number of nitrogens with two attached hydrogens (primary N) is 1. The molecule has 1 heterocycles. The average Bonchev–Trinajstić information content (AvgIpc) is 2.90. The van der Waals surface area contributed by atoms with Crippen LogP contribution in [0.2, 0.25) is 0 Å². The van der Waals surface area contributed by atoms with Gasteiger partial charge in [-0.1, -0.05) is 0 Å². The molecule has 1 aromatic heterocycles. The molecule has 0 saturated heterocycles. The summed E-state index contributed by atoms with van der Waals surface area (Å²) in [5, 5.41) is 6.75. The van der Waals surface area contributed by atoms with Gasteiger partial charge < -0.3 is 11.1 Å². The van der Waals surface area contributed by atoms with Gasteiger partial charge in [0.2, 0.25) is 0 Å². The van der Waals surface area contributed by atoms with E-state index in [0.717, 1.165) is 12.5 Å². The van der Waals surface area contributed by atoms with E-state index in [1.165, 1.54) is 12.1 Å². The van der Waals surface area contributed by atoms with Crippen LogP contribution < -0.4 is 11.1 Å². The predicted molar refractivity (Wildman–Crippen MR) is 70.0 cm³/mol. The van der Waals surface area contributed by atoms with Gasteiger partial charge >= 0.3 is 0 Å². The molecule has 0 bridgehead atoms. The molecule has 6 heteroatoms. The number of amides is 1. The first-order chi connectivity index (χ1) is 9.16. The van der Waals surface area contributed by atoms with E-state index in [0.29, 0.717) is 13.1 Å². The van der Waals surface area contributed by atoms with Gasteiger partial charge in [-0.15, -0.1) is 0 Å². The Labute approximate surface area is 110 Å². The summed E-state index contributed by atoms with van der Waals surface area (Å²) < 4.78 is 14.8. The molecule has 19 heavy (non-hydrogen) atoms. The highest BCUT2D eigenvalue weighted by atomic mass is 19.1. The molecule has 2 aromatic rings. The fourth-order valence-corrected chi connectivity index (χ4v) is 1.70. The van der Waals surface area contributed by atoms with Crippen molar-refractivity contribution in [2.75, 3.05) is 12.3 Å². The van der Waals surface area contributed by atoms with Crippen molar-refractivity contribution in [1.82, 2.24) is 15.1 Å². The fourth-order valence-electron chi connectivity index (χ4n) is 1.70. The van der Waals surface area contributed by atoms with Gasteiger partial charge in [-0.05, 0) is 30.7 Å². The van der Waals surface area contributed by atoms with Gasteiger partial charge in [0.15, 0.2) is 0 Å². The first kappa shape index (κ1) is 13.1. The van der Waals surface area contributed by atoms with E-state index >= 15 is 0 Å². The predicted octanol–water partition coefficient (Wildman–Crippen LogP) is 1.42. The number of benzene rings is 1. The Balaban J connectivity index is 1.82. The highest BCUT2D eigenvalue weighted by Gasteiger charge is 2.09. The van der Waals surface area contributed by atoms with E-state index < -0.39 is 5.82 Å². The van der Waals surface area contributed by atoms with Crippen LogP contribution in [0.15, 0.2) is 36.7 Å². The smallest absolute Gasteiger partial charge is 0.253 e. The van der Waals surface area contributed by atoms with E-state index in [-0.39, 0.29) is 17.2 Å². The third kappa shape index (κ3) is 3.54. The average molecular weight is 262 g/mol. The third-order valence-electron chi connectivity index (χ3n) is 2.67. The SMILES string of the molecule is Nc1ccc(F)cc1C(=O)NCCCn1cccn1. The van der Waals surface area contributed by atoms with E-state index in [1.54, 1.807) is 10.9 Å². The topological polar surface area (TPSA) is 72.9 Å². The molecule has 1 aromatic carbocycles. The van der Waals surface area contributed by atoms with Crippen molar-refractivity contribution < 1.29 is 9.18 Å². The summed E-state index contributed by atoms with van der Waals surface area (Å²) in [6, 6.07) is 5.59. The molecular weight excluding hydrogens is 247 g/mol. The molecule has 0 aliphatic carbocycles. The van der Waals surface area contributed by atoms with Gasteiger partial charge in [0.1, 0.15) is 5.82 Å². The summed E-state index contributed by atoms with van der Waals surface area (Å²) in [4.78, 5) is 11.8. The van der Waals surface area contributed by atoms with Crippen molar-refractivity contribution in [3.63, 3.8) is 0 Å².